The van der Waals surface area contributed by atoms with Gasteiger partial charge in [-0.05, 0) is 37.9 Å². The minimum Gasteiger partial charge on any atom is -0.339 e. The highest BCUT2D eigenvalue weighted by Crippen LogP contribution is 2.30. The molecule has 1 fully saturated rings. The Balaban J connectivity index is 1.60. The summed E-state index contributed by atoms with van der Waals surface area (Å²) >= 11 is 0. The summed E-state index contributed by atoms with van der Waals surface area (Å²) in [4.78, 5) is 37.3. The summed E-state index contributed by atoms with van der Waals surface area (Å²) in [6.07, 6.45) is 5.51. The maximum absolute atomic E-state index is 13.5. The minimum atomic E-state index is 0.0761. The van der Waals surface area contributed by atoms with Crippen LogP contribution in [0.25, 0.3) is 0 Å². The molecule has 2 amide bonds. The predicted octanol–water partition coefficient (Wildman–Crippen LogP) is 4.15. The lowest BCUT2D eigenvalue weighted by atomic mass is 9.93. The second kappa shape index (κ2) is 11.3. The largest absolute Gasteiger partial charge is 0.339 e. The number of aryl methyl sites for hydroxylation is 1. The predicted molar refractivity (Wildman–Crippen MR) is 135 cm³/mol. The van der Waals surface area contributed by atoms with Crippen LogP contribution in [0.1, 0.15) is 82.5 Å². The molecule has 0 radical (unpaired) electrons. The minimum absolute atomic E-state index is 0.0761. The molecule has 2 unspecified atom stereocenters. The molecule has 0 spiro atoms. The van der Waals surface area contributed by atoms with Gasteiger partial charge < -0.3 is 14.3 Å². The van der Waals surface area contributed by atoms with E-state index in [1.165, 1.54) is 0 Å². The van der Waals surface area contributed by atoms with Crippen LogP contribution in [0.3, 0.4) is 0 Å². The van der Waals surface area contributed by atoms with Crippen molar-refractivity contribution >= 4 is 17.5 Å². The number of carbonyl (C=O) groups is 2. The molecule has 1 saturated heterocycles. The van der Waals surface area contributed by atoms with Crippen LogP contribution in [0.5, 0.6) is 0 Å². The fourth-order valence-corrected chi connectivity index (χ4v) is 5.31. The second-order valence-electron chi connectivity index (χ2n) is 10.2. The van der Waals surface area contributed by atoms with Crippen molar-refractivity contribution in [2.24, 2.45) is 0 Å². The lowest BCUT2D eigenvalue weighted by Crippen LogP contribution is -2.50. The van der Waals surface area contributed by atoms with E-state index in [2.05, 4.69) is 22.1 Å². The van der Waals surface area contributed by atoms with Gasteiger partial charge in [0.15, 0.2) is 5.82 Å². The second-order valence-corrected chi connectivity index (χ2v) is 10.2. The van der Waals surface area contributed by atoms with Crippen molar-refractivity contribution in [3.63, 3.8) is 0 Å². The molecule has 1 aromatic carbocycles. The van der Waals surface area contributed by atoms with E-state index in [0.29, 0.717) is 62.7 Å². The zero-order valence-corrected chi connectivity index (χ0v) is 21.6. The summed E-state index contributed by atoms with van der Waals surface area (Å²) in [6.45, 7) is 7.82. The first-order valence-corrected chi connectivity index (χ1v) is 13.1. The van der Waals surface area contributed by atoms with E-state index in [1.807, 2.05) is 54.8 Å². The molecule has 2 aromatic rings. The topological polar surface area (TPSA) is 82.8 Å². The van der Waals surface area contributed by atoms with Crippen LogP contribution < -0.4 is 4.90 Å². The number of nitrogens with zero attached hydrogens (tertiary/aromatic N) is 5. The summed E-state index contributed by atoms with van der Waals surface area (Å²) in [5.74, 6) is 1.57. The Hall–Kier alpha value is -2.74. The first-order chi connectivity index (χ1) is 16.9. The van der Waals surface area contributed by atoms with Gasteiger partial charge in [0.1, 0.15) is 0 Å². The first kappa shape index (κ1) is 25.4. The third-order valence-electron chi connectivity index (χ3n) is 7.50. The van der Waals surface area contributed by atoms with Crippen LogP contribution >= 0.6 is 0 Å². The summed E-state index contributed by atoms with van der Waals surface area (Å²) in [5.41, 5.74) is 1.94. The summed E-state index contributed by atoms with van der Waals surface area (Å²) < 4.78 is 5.37. The van der Waals surface area contributed by atoms with E-state index in [1.54, 1.807) is 0 Å². The molecule has 1 aromatic heterocycles. The van der Waals surface area contributed by atoms with Crippen LogP contribution in [-0.4, -0.2) is 64.0 Å². The monoisotopic (exact) mass is 481 g/mol. The van der Waals surface area contributed by atoms with Crippen molar-refractivity contribution in [3.05, 3.63) is 41.5 Å². The van der Waals surface area contributed by atoms with E-state index in [9.17, 15) is 9.59 Å². The Morgan fingerprint density at radius 2 is 1.89 bits per heavy atom. The number of hydrogen-bond donors (Lipinski definition) is 0. The molecule has 2 aliphatic heterocycles. The Bertz CT molecular complexity index is 1020. The highest BCUT2D eigenvalue weighted by molar-refractivity contribution is 5.94. The van der Waals surface area contributed by atoms with Gasteiger partial charge in [0.05, 0.1) is 0 Å². The highest BCUT2D eigenvalue weighted by Gasteiger charge is 2.32. The molecule has 0 N–H and O–H groups in total. The van der Waals surface area contributed by atoms with E-state index < -0.39 is 0 Å². The Labute approximate surface area is 208 Å². The van der Waals surface area contributed by atoms with Crippen LogP contribution in [0.15, 0.2) is 28.8 Å². The number of benzene rings is 1. The normalized spacial score (nSPS) is 21.5. The molecule has 4 rings (SSSR count). The number of hydrogen-bond acceptors (Lipinski definition) is 6. The van der Waals surface area contributed by atoms with Crippen LogP contribution in [0.2, 0.25) is 0 Å². The number of rotatable bonds is 5. The van der Waals surface area contributed by atoms with Crippen LogP contribution in [0, 0.1) is 0 Å². The van der Waals surface area contributed by atoms with Gasteiger partial charge >= 0.3 is 0 Å². The van der Waals surface area contributed by atoms with Gasteiger partial charge in [-0.2, -0.15) is 4.98 Å². The zero-order chi connectivity index (χ0) is 24.9. The number of likely N-dealkylation sites (N-methyl/N-ethyl adjacent to an activating group) is 1. The van der Waals surface area contributed by atoms with Crippen molar-refractivity contribution in [1.29, 1.82) is 0 Å². The van der Waals surface area contributed by atoms with Crippen LogP contribution in [-0.2, 0) is 22.6 Å². The third kappa shape index (κ3) is 5.92. The number of piperidine rings is 1. The molecular weight excluding hydrogens is 442 g/mol. The standard InChI is InChI=1S/C27H39N5O3/c1-5-25(33)32-16-15-21-10-8-11-22(30(21)4)18-31(17-20-9-6-7-12-23(20)32)26(34)14-13-24-28-27(19(2)3)29-35-24/h6-7,9,12,19,21-22H,5,8,10-11,13-18H2,1-4H3. The summed E-state index contributed by atoms with van der Waals surface area (Å²) in [6, 6.07) is 8.77. The van der Waals surface area contributed by atoms with Crippen molar-refractivity contribution in [1.82, 2.24) is 19.9 Å². The molecule has 8 nitrogen and oxygen atoms in total. The van der Waals surface area contributed by atoms with Gasteiger partial charge in [-0.1, -0.05) is 50.5 Å². The smallest absolute Gasteiger partial charge is 0.227 e. The number of amides is 2. The van der Waals surface area contributed by atoms with E-state index in [-0.39, 0.29) is 17.7 Å². The quantitative estimate of drug-likeness (QED) is 0.638. The van der Waals surface area contributed by atoms with E-state index in [0.717, 1.165) is 36.9 Å². The average molecular weight is 482 g/mol. The molecule has 8 heteroatoms. The van der Waals surface area contributed by atoms with Gasteiger partial charge in [0.25, 0.3) is 0 Å². The lowest BCUT2D eigenvalue weighted by Gasteiger charge is -2.42. The molecule has 35 heavy (non-hydrogen) atoms. The number of carbonyl (C=O) groups excluding carboxylic acids is 2. The van der Waals surface area contributed by atoms with Gasteiger partial charge in [-0.15, -0.1) is 0 Å². The zero-order valence-electron chi connectivity index (χ0n) is 21.6. The van der Waals surface area contributed by atoms with Crippen molar-refractivity contribution in [2.75, 3.05) is 25.0 Å². The van der Waals surface area contributed by atoms with Crippen molar-refractivity contribution in [3.8, 4) is 0 Å². The molecule has 0 saturated carbocycles. The maximum atomic E-state index is 13.5. The highest BCUT2D eigenvalue weighted by atomic mass is 16.5. The van der Waals surface area contributed by atoms with Gasteiger partial charge in [0, 0.05) is 62.6 Å². The molecular formula is C27H39N5O3. The molecule has 2 aliphatic rings. The Morgan fingerprint density at radius 3 is 2.63 bits per heavy atom. The molecule has 2 atom stereocenters. The molecule has 2 bridgehead atoms. The maximum Gasteiger partial charge on any atom is 0.227 e. The van der Waals surface area contributed by atoms with E-state index >= 15 is 0 Å². The fraction of sp³-hybridized carbons (Fsp3) is 0.630. The number of aromatic nitrogens is 2. The van der Waals surface area contributed by atoms with E-state index in [4.69, 9.17) is 4.52 Å². The summed E-state index contributed by atoms with van der Waals surface area (Å²) in [5, 5.41) is 4.03. The Morgan fingerprint density at radius 1 is 1.11 bits per heavy atom. The number of anilines is 1. The van der Waals surface area contributed by atoms with Crippen LogP contribution in [0.4, 0.5) is 5.69 Å². The Kier molecular flexibility index (Phi) is 8.21. The van der Waals surface area contributed by atoms with Gasteiger partial charge in [-0.3, -0.25) is 14.5 Å². The molecule has 0 aliphatic carbocycles. The van der Waals surface area contributed by atoms with Crippen molar-refractivity contribution in [2.45, 2.75) is 90.3 Å². The number of fused-ring (bicyclic) bond motifs is 3. The van der Waals surface area contributed by atoms with Gasteiger partial charge in [-0.25, -0.2) is 0 Å². The average Bonchev–Trinajstić information content (AvgIpc) is 3.33. The first-order valence-electron chi connectivity index (χ1n) is 13.1. The summed E-state index contributed by atoms with van der Waals surface area (Å²) in [7, 11) is 2.18. The molecule has 190 valence electrons. The third-order valence-corrected chi connectivity index (χ3v) is 7.50. The number of para-hydroxylation sites is 1. The fourth-order valence-electron chi connectivity index (χ4n) is 5.31. The van der Waals surface area contributed by atoms with Crippen molar-refractivity contribution < 1.29 is 14.1 Å². The lowest BCUT2D eigenvalue weighted by molar-refractivity contribution is -0.133. The van der Waals surface area contributed by atoms with Gasteiger partial charge in [0.2, 0.25) is 17.7 Å². The SMILES string of the molecule is CCC(=O)N1CCC2CCCC(CN(C(=O)CCc3nc(C(C)C)no3)Cc3ccccc31)N2C. The molecule has 3 heterocycles.